The molecule has 0 spiro atoms. The summed E-state index contributed by atoms with van der Waals surface area (Å²) in [5.41, 5.74) is 1.29. The summed E-state index contributed by atoms with van der Waals surface area (Å²) in [5.74, 6) is 0. The van der Waals surface area contributed by atoms with Gasteiger partial charge in [-0.2, -0.15) is 0 Å². The molecular weight excluding hydrogens is 258 g/mol. The van der Waals surface area contributed by atoms with E-state index >= 15 is 0 Å². The van der Waals surface area contributed by atoms with Crippen molar-refractivity contribution in [3.05, 3.63) is 35.9 Å². The second-order valence-corrected chi connectivity index (χ2v) is 5.52. The Kier molecular flexibility index (Phi) is 5.35. The molecule has 1 N–H and O–H groups in total. The topological polar surface area (TPSA) is 55.6 Å². The predicted octanol–water partition coefficient (Wildman–Crippen LogP) is 2.14. The molecule has 0 aliphatic carbocycles. The molecule has 0 aliphatic rings. The number of nitrogens with zero attached hydrogens (tertiary/aromatic N) is 4. The summed E-state index contributed by atoms with van der Waals surface area (Å²) in [4.78, 5) is 0. The Balaban J connectivity index is 1.97. The Morgan fingerprint density at radius 2 is 2.11 bits per heavy atom. The number of rotatable bonds is 7. The van der Waals surface area contributed by atoms with Crippen molar-refractivity contribution in [3.63, 3.8) is 0 Å². The van der Waals surface area contributed by atoms with Gasteiger partial charge in [0.1, 0.15) is 0 Å². The van der Waals surface area contributed by atoms with Crippen LogP contribution in [-0.2, 0) is 6.54 Å². The van der Waals surface area contributed by atoms with E-state index in [9.17, 15) is 0 Å². The zero-order chi connectivity index (χ0) is 13.5. The first-order chi connectivity index (χ1) is 9.31. The van der Waals surface area contributed by atoms with Crippen molar-refractivity contribution in [2.75, 3.05) is 13.1 Å². The van der Waals surface area contributed by atoms with Crippen molar-refractivity contribution in [1.82, 2.24) is 25.5 Å². The van der Waals surface area contributed by atoms with E-state index in [1.165, 1.54) is 5.56 Å². The van der Waals surface area contributed by atoms with E-state index < -0.39 is 0 Å². The van der Waals surface area contributed by atoms with Crippen molar-refractivity contribution in [2.24, 2.45) is 0 Å². The van der Waals surface area contributed by atoms with E-state index in [0.717, 1.165) is 24.8 Å². The van der Waals surface area contributed by atoms with Crippen LogP contribution in [0.15, 0.2) is 35.5 Å². The van der Waals surface area contributed by atoms with Crippen LogP contribution in [-0.4, -0.2) is 33.3 Å². The third kappa shape index (κ3) is 4.04. The van der Waals surface area contributed by atoms with Crippen molar-refractivity contribution < 1.29 is 0 Å². The highest BCUT2D eigenvalue weighted by Crippen LogP contribution is 2.32. The summed E-state index contributed by atoms with van der Waals surface area (Å²) in [6.45, 7) is 6.90. The average molecular weight is 277 g/mol. The molecule has 0 saturated heterocycles. The molecule has 1 unspecified atom stereocenters. The highest BCUT2D eigenvalue weighted by atomic mass is 32.2. The fraction of sp³-hybridized carbons (Fsp3) is 0.462. The molecular formula is C13H19N5S. The van der Waals surface area contributed by atoms with E-state index in [1.54, 1.807) is 11.8 Å². The van der Waals surface area contributed by atoms with E-state index in [2.05, 4.69) is 59.0 Å². The van der Waals surface area contributed by atoms with Gasteiger partial charge in [0, 0.05) is 11.8 Å². The molecule has 0 radical (unpaired) electrons. The Bertz CT molecular complexity index is 485. The maximum Gasteiger partial charge on any atom is 0.209 e. The van der Waals surface area contributed by atoms with Gasteiger partial charge in [-0.3, -0.25) is 0 Å². The van der Waals surface area contributed by atoms with E-state index in [4.69, 9.17) is 0 Å². The third-order valence-corrected chi connectivity index (χ3v) is 3.93. The lowest BCUT2D eigenvalue weighted by Crippen LogP contribution is -2.20. The van der Waals surface area contributed by atoms with Gasteiger partial charge in [-0.05, 0) is 29.5 Å². The quantitative estimate of drug-likeness (QED) is 0.620. The molecule has 1 atom stereocenters. The summed E-state index contributed by atoms with van der Waals surface area (Å²) < 4.78 is 1.85. The molecule has 19 heavy (non-hydrogen) atoms. The Morgan fingerprint density at radius 3 is 2.84 bits per heavy atom. The monoisotopic (exact) mass is 277 g/mol. The zero-order valence-electron chi connectivity index (χ0n) is 11.3. The summed E-state index contributed by atoms with van der Waals surface area (Å²) in [6.07, 6.45) is 0. The molecule has 2 aromatic rings. The number of nitrogens with one attached hydrogen (secondary N) is 1. The number of thioether (sulfide) groups is 1. The van der Waals surface area contributed by atoms with Crippen molar-refractivity contribution >= 4 is 11.8 Å². The molecule has 1 heterocycles. The van der Waals surface area contributed by atoms with Gasteiger partial charge in [0.05, 0.1) is 6.54 Å². The van der Waals surface area contributed by atoms with E-state index in [0.29, 0.717) is 5.25 Å². The van der Waals surface area contributed by atoms with Crippen LogP contribution in [0.2, 0.25) is 0 Å². The molecule has 2 rings (SSSR count). The van der Waals surface area contributed by atoms with Crippen LogP contribution < -0.4 is 5.32 Å². The Labute approximate surface area is 117 Å². The normalized spacial score (nSPS) is 12.5. The first-order valence-electron chi connectivity index (χ1n) is 6.49. The molecule has 1 aromatic carbocycles. The summed E-state index contributed by atoms with van der Waals surface area (Å²) >= 11 is 1.69. The van der Waals surface area contributed by atoms with E-state index in [-0.39, 0.29) is 0 Å². The molecule has 1 aromatic heterocycles. The van der Waals surface area contributed by atoms with Gasteiger partial charge >= 0.3 is 0 Å². The molecule has 0 bridgehead atoms. The number of hydrogen-bond donors (Lipinski definition) is 1. The summed E-state index contributed by atoms with van der Waals surface area (Å²) in [5, 5.41) is 16.4. The lowest BCUT2D eigenvalue weighted by atomic mass is 10.2. The van der Waals surface area contributed by atoms with Crippen molar-refractivity contribution in [2.45, 2.75) is 30.8 Å². The van der Waals surface area contributed by atoms with Gasteiger partial charge in [-0.15, -0.1) is 5.10 Å². The fourth-order valence-corrected chi connectivity index (χ4v) is 2.68. The highest BCUT2D eigenvalue weighted by Gasteiger charge is 2.12. The van der Waals surface area contributed by atoms with Gasteiger partial charge in [-0.1, -0.05) is 49.0 Å². The van der Waals surface area contributed by atoms with Gasteiger partial charge in [-0.25, -0.2) is 4.68 Å². The zero-order valence-corrected chi connectivity index (χ0v) is 12.1. The molecule has 5 nitrogen and oxygen atoms in total. The first-order valence-corrected chi connectivity index (χ1v) is 7.37. The van der Waals surface area contributed by atoms with E-state index in [1.807, 2.05) is 10.7 Å². The van der Waals surface area contributed by atoms with Crippen molar-refractivity contribution in [1.29, 1.82) is 0 Å². The van der Waals surface area contributed by atoms with Gasteiger partial charge in [0.2, 0.25) is 5.16 Å². The van der Waals surface area contributed by atoms with Gasteiger partial charge in [0.25, 0.3) is 0 Å². The van der Waals surface area contributed by atoms with Gasteiger partial charge in [0.15, 0.2) is 0 Å². The van der Waals surface area contributed by atoms with Crippen LogP contribution in [0.5, 0.6) is 0 Å². The second kappa shape index (κ2) is 7.25. The van der Waals surface area contributed by atoms with Crippen LogP contribution >= 0.6 is 11.8 Å². The maximum atomic E-state index is 4.10. The summed E-state index contributed by atoms with van der Waals surface area (Å²) in [6, 6.07) is 10.4. The number of aromatic nitrogens is 4. The molecule has 0 amide bonds. The lowest BCUT2D eigenvalue weighted by molar-refractivity contribution is 0.517. The minimum atomic E-state index is 0.338. The minimum absolute atomic E-state index is 0.338. The SMILES string of the molecule is CCNCCn1nnnc1SC(C)c1ccccc1. The largest absolute Gasteiger partial charge is 0.315 e. The Morgan fingerprint density at radius 1 is 1.32 bits per heavy atom. The van der Waals surface area contributed by atoms with Crippen LogP contribution in [0.3, 0.4) is 0 Å². The third-order valence-electron chi connectivity index (χ3n) is 2.80. The van der Waals surface area contributed by atoms with Crippen LogP contribution in [0.1, 0.15) is 24.7 Å². The van der Waals surface area contributed by atoms with Crippen LogP contribution in [0, 0.1) is 0 Å². The molecule has 0 aliphatic heterocycles. The Hall–Kier alpha value is -1.40. The first kappa shape index (κ1) is 14.0. The smallest absolute Gasteiger partial charge is 0.209 e. The molecule has 6 heteroatoms. The second-order valence-electron chi connectivity index (χ2n) is 4.21. The lowest BCUT2D eigenvalue weighted by Gasteiger charge is -2.11. The molecule has 102 valence electrons. The number of tetrazole rings is 1. The van der Waals surface area contributed by atoms with Crippen LogP contribution in [0.25, 0.3) is 0 Å². The average Bonchev–Trinajstić information content (AvgIpc) is 2.87. The van der Waals surface area contributed by atoms with Gasteiger partial charge < -0.3 is 5.32 Å². The maximum absolute atomic E-state index is 4.10. The predicted molar refractivity (Wildman–Crippen MR) is 77.1 cm³/mol. The number of hydrogen-bond acceptors (Lipinski definition) is 5. The standard InChI is InChI=1S/C13H19N5S/c1-3-14-9-10-18-13(15-16-17-18)19-11(2)12-7-5-4-6-8-12/h4-8,11,14H,3,9-10H2,1-2H3. The molecule has 0 fully saturated rings. The number of likely N-dealkylation sites (N-methyl/N-ethyl adjacent to an activating group) is 1. The highest BCUT2D eigenvalue weighted by molar-refractivity contribution is 7.99. The summed E-state index contributed by atoms with van der Waals surface area (Å²) in [7, 11) is 0. The van der Waals surface area contributed by atoms with Crippen molar-refractivity contribution in [3.8, 4) is 0 Å². The minimum Gasteiger partial charge on any atom is -0.315 e. The van der Waals surface area contributed by atoms with Crippen LogP contribution in [0.4, 0.5) is 0 Å². The number of benzene rings is 1. The fourth-order valence-electron chi connectivity index (χ4n) is 1.73. The molecule has 0 saturated carbocycles.